The molecule has 1 fully saturated rings. The van der Waals surface area contributed by atoms with Crippen LogP contribution in [0, 0.1) is 0 Å². The second-order valence-electron chi connectivity index (χ2n) is 4.03. The van der Waals surface area contributed by atoms with Crippen LogP contribution in [0.4, 0.5) is 5.69 Å². The molecule has 3 nitrogen and oxygen atoms in total. The third kappa shape index (κ3) is 2.02. The van der Waals surface area contributed by atoms with E-state index in [0.717, 1.165) is 24.2 Å². The second-order valence-corrected chi connectivity index (χ2v) is 4.03. The number of rotatable bonds is 2. The fraction of sp³-hybridized carbons (Fsp3) is 0.417. The maximum Gasteiger partial charge on any atom is 0.227 e. The van der Waals surface area contributed by atoms with E-state index in [0.29, 0.717) is 6.42 Å². The summed E-state index contributed by atoms with van der Waals surface area (Å²) in [6.07, 6.45) is 1.64. The van der Waals surface area contributed by atoms with Crippen LogP contribution >= 0.6 is 0 Å². The topological polar surface area (TPSA) is 46.3 Å². The van der Waals surface area contributed by atoms with Crippen LogP contribution < -0.4 is 10.6 Å². The lowest BCUT2D eigenvalue weighted by molar-refractivity contribution is -0.117. The van der Waals surface area contributed by atoms with Crippen molar-refractivity contribution in [2.24, 2.45) is 5.73 Å². The predicted octanol–water partition coefficient (Wildman–Crippen LogP) is 1.83. The van der Waals surface area contributed by atoms with E-state index < -0.39 is 0 Å². The van der Waals surface area contributed by atoms with E-state index in [1.165, 1.54) is 0 Å². The molecule has 0 bridgehead atoms. The highest BCUT2D eigenvalue weighted by Crippen LogP contribution is 2.22. The molecule has 3 heteroatoms. The van der Waals surface area contributed by atoms with E-state index in [1.54, 1.807) is 0 Å². The number of nitrogens with zero attached hydrogens (tertiary/aromatic N) is 1. The van der Waals surface area contributed by atoms with Gasteiger partial charge in [-0.1, -0.05) is 12.1 Å². The van der Waals surface area contributed by atoms with Crippen LogP contribution in [0.5, 0.6) is 0 Å². The van der Waals surface area contributed by atoms with E-state index in [9.17, 15) is 4.79 Å². The largest absolute Gasteiger partial charge is 0.324 e. The first-order valence-electron chi connectivity index (χ1n) is 5.34. The van der Waals surface area contributed by atoms with Gasteiger partial charge in [-0.05, 0) is 31.0 Å². The van der Waals surface area contributed by atoms with Crippen LogP contribution in [-0.2, 0) is 4.79 Å². The molecular weight excluding hydrogens is 188 g/mol. The minimum Gasteiger partial charge on any atom is -0.324 e. The summed E-state index contributed by atoms with van der Waals surface area (Å²) in [7, 11) is 0. The molecule has 0 saturated carbocycles. The van der Waals surface area contributed by atoms with Crippen LogP contribution in [0.2, 0.25) is 0 Å². The monoisotopic (exact) mass is 204 g/mol. The average molecular weight is 204 g/mol. The summed E-state index contributed by atoms with van der Waals surface area (Å²) in [5.74, 6) is 0.226. The number of benzene rings is 1. The summed E-state index contributed by atoms with van der Waals surface area (Å²) in [5.41, 5.74) is 7.85. The highest BCUT2D eigenvalue weighted by atomic mass is 16.2. The summed E-state index contributed by atoms with van der Waals surface area (Å²) in [6.45, 7) is 2.80. The normalized spacial score (nSPS) is 18.3. The van der Waals surface area contributed by atoms with Gasteiger partial charge in [0.2, 0.25) is 5.91 Å². The molecule has 1 atom stereocenters. The summed E-state index contributed by atoms with van der Waals surface area (Å²) in [6, 6.07) is 7.98. The highest BCUT2D eigenvalue weighted by Gasteiger charge is 2.21. The molecular formula is C12H16N2O. The SMILES string of the molecule is C[C@@H](N)c1ccc(N2CCCC2=O)cc1. The van der Waals surface area contributed by atoms with Crippen LogP contribution in [0.3, 0.4) is 0 Å². The Bertz CT molecular complexity index is 356. The summed E-state index contributed by atoms with van der Waals surface area (Å²) < 4.78 is 0. The fourth-order valence-electron chi connectivity index (χ4n) is 1.88. The zero-order chi connectivity index (χ0) is 10.8. The number of carbonyl (C=O) groups is 1. The molecule has 1 aliphatic rings. The Morgan fingerprint density at radius 1 is 1.33 bits per heavy atom. The lowest BCUT2D eigenvalue weighted by atomic mass is 10.1. The molecule has 1 aliphatic heterocycles. The van der Waals surface area contributed by atoms with Crippen LogP contribution in [0.1, 0.15) is 31.4 Å². The molecule has 1 saturated heterocycles. The minimum atomic E-state index is 0.0494. The van der Waals surface area contributed by atoms with Crippen LogP contribution in [0.15, 0.2) is 24.3 Å². The van der Waals surface area contributed by atoms with E-state index in [4.69, 9.17) is 5.73 Å². The third-order valence-electron chi connectivity index (χ3n) is 2.80. The first kappa shape index (κ1) is 10.2. The van der Waals surface area contributed by atoms with E-state index in [1.807, 2.05) is 36.1 Å². The van der Waals surface area contributed by atoms with Crippen LogP contribution in [0.25, 0.3) is 0 Å². The van der Waals surface area contributed by atoms with Crippen molar-refractivity contribution in [3.05, 3.63) is 29.8 Å². The van der Waals surface area contributed by atoms with Crippen molar-refractivity contribution in [1.29, 1.82) is 0 Å². The number of hydrogen-bond acceptors (Lipinski definition) is 2. The Balaban J connectivity index is 2.19. The van der Waals surface area contributed by atoms with Gasteiger partial charge in [-0.15, -0.1) is 0 Å². The standard InChI is InChI=1S/C12H16N2O/c1-9(13)10-4-6-11(7-5-10)14-8-2-3-12(14)15/h4-7,9H,2-3,8,13H2,1H3/t9-/m1/s1. The van der Waals surface area contributed by atoms with E-state index in [-0.39, 0.29) is 11.9 Å². The Morgan fingerprint density at radius 2 is 2.00 bits per heavy atom. The lowest BCUT2D eigenvalue weighted by Gasteiger charge is -2.16. The third-order valence-corrected chi connectivity index (χ3v) is 2.80. The molecule has 0 aliphatic carbocycles. The van der Waals surface area contributed by atoms with Crippen molar-refractivity contribution >= 4 is 11.6 Å². The number of nitrogens with two attached hydrogens (primary N) is 1. The van der Waals surface area contributed by atoms with Gasteiger partial charge in [0.1, 0.15) is 0 Å². The summed E-state index contributed by atoms with van der Waals surface area (Å²) >= 11 is 0. The molecule has 0 aromatic heterocycles. The lowest BCUT2D eigenvalue weighted by Crippen LogP contribution is -2.23. The van der Waals surface area contributed by atoms with Gasteiger partial charge in [-0.2, -0.15) is 0 Å². The molecule has 1 aromatic rings. The van der Waals surface area contributed by atoms with Gasteiger partial charge in [0, 0.05) is 24.7 Å². The zero-order valence-electron chi connectivity index (χ0n) is 8.94. The Morgan fingerprint density at radius 3 is 2.47 bits per heavy atom. The quantitative estimate of drug-likeness (QED) is 0.799. The van der Waals surface area contributed by atoms with Gasteiger partial charge in [0.15, 0.2) is 0 Å². The van der Waals surface area contributed by atoms with E-state index >= 15 is 0 Å². The van der Waals surface area contributed by atoms with Crippen molar-refractivity contribution in [3.8, 4) is 0 Å². The average Bonchev–Trinajstić information content (AvgIpc) is 2.65. The van der Waals surface area contributed by atoms with Gasteiger partial charge in [-0.25, -0.2) is 0 Å². The molecule has 1 heterocycles. The maximum absolute atomic E-state index is 11.5. The Hall–Kier alpha value is -1.35. The minimum absolute atomic E-state index is 0.0494. The molecule has 1 amide bonds. The van der Waals surface area contributed by atoms with Crippen molar-refractivity contribution in [2.75, 3.05) is 11.4 Å². The molecule has 0 spiro atoms. The summed E-state index contributed by atoms with van der Waals surface area (Å²) in [4.78, 5) is 13.3. The molecule has 0 radical (unpaired) electrons. The molecule has 1 aromatic carbocycles. The molecule has 80 valence electrons. The first-order valence-corrected chi connectivity index (χ1v) is 5.34. The molecule has 15 heavy (non-hydrogen) atoms. The molecule has 2 rings (SSSR count). The van der Waals surface area contributed by atoms with Gasteiger partial charge >= 0.3 is 0 Å². The van der Waals surface area contributed by atoms with Gasteiger partial charge < -0.3 is 10.6 Å². The smallest absolute Gasteiger partial charge is 0.227 e. The highest BCUT2D eigenvalue weighted by molar-refractivity contribution is 5.95. The number of hydrogen-bond donors (Lipinski definition) is 1. The predicted molar refractivity (Wildman–Crippen MR) is 60.6 cm³/mol. The van der Waals surface area contributed by atoms with E-state index in [2.05, 4.69) is 0 Å². The first-order chi connectivity index (χ1) is 7.18. The number of carbonyl (C=O) groups excluding carboxylic acids is 1. The summed E-state index contributed by atoms with van der Waals surface area (Å²) in [5, 5.41) is 0. The van der Waals surface area contributed by atoms with Crippen LogP contribution in [-0.4, -0.2) is 12.5 Å². The zero-order valence-corrected chi connectivity index (χ0v) is 8.94. The Labute approximate surface area is 89.9 Å². The van der Waals surface area contributed by atoms with Crippen molar-refractivity contribution in [2.45, 2.75) is 25.8 Å². The van der Waals surface area contributed by atoms with Gasteiger partial charge in [0.25, 0.3) is 0 Å². The number of anilines is 1. The molecule has 0 unspecified atom stereocenters. The fourth-order valence-corrected chi connectivity index (χ4v) is 1.88. The van der Waals surface area contributed by atoms with Gasteiger partial charge in [0.05, 0.1) is 0 Å². The van der Waals surface area contributed by atoms with Gasteiger partial charge in [-0.3, -0.25) is 4.79 Å². The number of amides is 1. The molecule has 2 N–H and O–H groups in total. The van der Waals surface area contributed by atoms with Crippen molar-refractivity contribution in [1.82, 2.24) is 0 Å². The Kier molecular flexibility index (Phi) is 2.73. The maximum atomic E-state index is 11.5. The van der Waals surface area contributed by atoms with Crippen molar-refractivity contribution < 1.29 is 4.79 Å². The second kappa shape index (κ2) is 4.03. The van der Waals surface area contributed by atoms with Crippen molar-refractivity contribution in [3.63, 3.8) is 0 Å².